The number of fused-ring (bicyclic) bond motifs is 4. The molecule has 3 nitrogen and oxygen atoms in total. The lowest BCUT2D eigenvalue weighted by atomic mass is 9.92. The quantitative estimate of drug-likeness (QED) is 0.534. The number of hydrogen-bond acceptors (Lipinski definition) is 2. The Bertz CT molecular complexity index is 1060. The first kappa shape index (κ1) is 14.0. The van der Waals surface area contributed by atoms with E-state index in [-0.39, 0.29) is 6.04 Å². The van der Waals surface area contributed by atoms with E-state index in [4.69, 9.17) is 11.6 Å². The number of hydrogen-bond donors (Lipinski definition) is 2. The van der Waals surface area contributed by atoms with Crippen molar-refractivity contribution in [2.45, 2.75) is 12.5 Å². The van der Waals surface area contributed by atoms with Gasteiger partial charge in [0.2, 0.25) is 0 Å². The summed E-state index contributed by atoms with van der Waals surface area (Å²) in [4.78, 5) is 8.11. The molecular weight excluding hydrogens is 318 g/mol. The van der Waals surface area contributed by atoms with Crippen molar-refractivity contribution in [1.29, 1.82) is 0 Å². The lowest BCUT2D eigenvalue weighted by molar-refractivity contribution is 0.563. The van der Waals surface area contributed by atoms with Gasteiger partial charge in [0.25, 0.3) is 0 Å². The number of aromatic amines is 1. The Kier molecular flexibility index (Phi) is 3.12. The molecule has 0 bridgehead atoms. The number of nitrogens with zero attached hydrogens (tertiary/aromatic N) is 1. The highest BCUT2D eigenvalue weighted by atomic mass is 35.5. The number of para-hydroxylation sites is 1. The second-order valence-corrected chi connectivity index (χ2v) is 6.70. The van der Waals surface area contributed by atoms with E-state index in [1.165, 1.54) is 27.6 Å². The molecule has 0 radical (unpaired) electrons. The third-order valence-electron chi connectivity index (χ3n) is 4.91. The Morgan fingerprint density at radius 2 is 1.96 bits per heavy atom. The summed E-state index contributed by atoms with van der Waals surface area (Å²) in [6, 6.07) is 16.7. The van der Waals surface area contributed by atoms with Gasteiger partial charge in [0.1, 0.15) is 0 Å². The molecule has 3 heterocycles. The third-order valence-corrected chi connectivity index (χ3v) is 5.14. The fraction of sp³-hybridized carbons (Fsp3) is 0.150. The molecule has 0 saturated carbocycles. The maximum Gasteiger partial charge on any atom is 0.0739 e. The molecule has 0 saturated heterocycles. The summed E-state index contributed by atoms with van der Waals surface area (Å²) in [5.74, 6) is 0. The van der Waals surface area contributed by atoms with Crippen LogP contribution in [0.4, 0.5) is 0 Å². The van der Waals surface area contributed by atoms with Crippen molar-refractivity contribution in [3.8, 4) is 0 Å². The minimum Gasteiger partial charge on any atom is -0.357 e. The minimum atomic E-state index is 0.146. The van der Waals surface area contributed by atoms with E-state index >= 15 is 0 Å². The number of H-pyrrole nitrogens is 1. The van der Waals surface area contributed by atoms with Gasteiger partial charge < -0.3 is 10.3 Å². The SMILES string of the molecule is Clc1ccc2[nH]c3c(c2c1)CCNC3c1ccnc2ccccc12. The third kappa shape index (κ3) is 2.05. The van der Waals surface area contributed by atoms with Crippen LogP contribution in [0, 0.1) is 0 Å². The fourth-order valence-corrected chi connectivity index (χ4v) is 4.01. The van der Waals surface area contributed by atoms with Gasteiger partial charge in [0, 0.05) is 39.7 Å². The number of aromatic nitrogens is 2. The molecular formula is C20H16ClN3. The van der Waals surface area contributed by atoms with Crippen LogP contribution >= 0.6 is 11.6 Å². The smallest absolute Gasteiger partial charge is 0.0739 e. The van der Waals surface area contributed by atoms with Gasteiger partial charge in [-0.15, -0.1) is 0 Å². The highest BCUT2D eigenvalue weighted by Crippen LogP contribution is 2.36. The lowest BCUT2D eigenvalue weighted by Crippen LogP contribution is -2.30. The van der Waals surface area contributed by atoms with Gasteiger partial charge >= 0.3 is 0 Å². The highest BCUT2D eigenvalue weighted by molar-refractivity contribution is 6.31. The van der Waals surface area contributed by atoms with E-state index < -0.39 is 0 Å². The van der Waals surface area contributed by atoms with Crippen LogP contribution in [-0.2, 0) is 6.42 Å². The second kappa shape index (κ2) is 5.33. The van der Waals surface area contributed by atoms with Gasteiger partial charge in [-0.25, -0.2) is 0 Å². The zero-order valence-corrected chi connectivity index (χ0v) is 13.8. The Labute approximate surface area is 144 Å². The molecule has 118 valence electrons. The molecule has 1 atom stereocenters. The monoisotopic (exact) mass is 333 g/mol. The average molecular weight is 334 g/mol. The molecule has 0 spiro atoms. The Balaban J connectivity index is 1.75. The number of pyridine rings is 1. The first-order valence-corrected chi connectivity index (χ1v) is 8.56. The van der Waals surface area contributed by atoms with Crippen LogP contribution in [0.5, 0.6) is 0 Å². The van der Waals surface area contributed by atoms with Crippen molar-refractivity contribution in [1.82, 2.24) is 15.3 Å². The number of nitrogens with one attached hydrogen (secondary N) is 2. The number of rotatable bonds is 1. The number of benzene rings is 2. The standard InChI is InChI=1S/C20H16ClN3/c21-12-5-6-18-16(11-12)15-8-10-23-19(20(15)24-18)14-7-9-22-17-4-2-1-3-13(14)17/h1-7,9,11,19,23-24H,8,10H2. The molecule has 24 heavy (non-hydrogen) atoms. The van der Waals surface area contributed by atoms with Crippen LogP contribution < -0.4 is 5.32 Å². The van der Waals surface area contributed by atoms with E-state index in [0.29, 0.717) is 0 Å². The summed E-state index contributed by atoms with van der Waals surface area (Å²) in [6.07, 6.45) is 2.91. The summed E-state index contributed by atoms with van der Waals surface area (Å²) in [7, 11) is 0. The van der Waals surface area contributed by atoms with Crippen molar-refractivity contribution in [2.24, 2.45) is 0 Å². The number of halogens is 1. The second-order valence-electron chi connectivity index (χ2n) is 6.26. The first-order chi connectivity index (χ1) is 11.8. The van der Waals surface area contributed by atoms with Gasteiger partial charge in [-0.05, 0) is 47.9 Å². The molecule has 2 aromatic carbocycles. The van der Waals surface area contributed by atoms with Crippen molar-refractivity contribution in [3.05, 3.63) is 76.6 Å². The maximum atomic E-state index is 6.21. The molecule has 1 aliphatic heterocycles. The van der Waals surface area contributed by atoms with Crippen LogP contribution in [-0.4, -0.2) is 16.5 Å². The normalized spacial score (nSPS) is 17.3. The van der Waals surface area contributed by atoms with Crippen molar-refractivity contribution in [3.63, 3.8) is 0 Å². The highest BCUT2D eigenvalue weighted by Gasteiger charge is 2.26. The largest absolute Gasteiger partial charge is 0.357 e. The van der Waals surface area contributed by atoms with Crippen LogP contribution in [0.25, 0.3) is 21.8 Å². The van der Waals surface area contributed by atoms with Crippen LogP contribution in [0.3, 0.4) is 0 Å². The molecule has 0 aliphatic carbocycles. The molecule has 1 unspecified atom stereocenters. The van der Waals surface area contributed by atoms with Crippen molar-refractivity contribution < 1.29 is 0 Å². The fourth-order valence-electron chi connectivity index (χ4n) is 3.84. The summed E-state index contributed by atoms with van der Waals surface area (Å²) < 4.78 is 0. The predicted octanol–water partition coefficient (Wildman–Crippen LogP) is 4.60. The topological polar surface area (TPSA) is 40.7 Å². The van der Waals surface area contributed by atoms with Gasteiger partial charge in [0.05, 0.1) is 11.6 Å². The van der Waals surface area contributed by atoms with E-state index in [0.717, 1.165) is 29.0 Å². The summed E-state index contributed by atoms with van der Waals surface area (Å²) in [6.45, 7) is 0.952. The van der Waals surface area contributed by atoms with E-state index in [1.54, 1.807) is 0 Å². The van der Waals surface area contributed by atoms with Crippen LogP contribution in [0.15, 0.2) is 54.7 Å². The average Bonchev–Trinajstić information content (AvgIpc) is 2.99. The first-order valence-electron chi connectivity index (χ1n) is 8.18. The molecule has 2 N–H and O–H groups in total. The van der Waals surface area contributed by atoms with Crippen LogP contribution in [0.2, 0.25) is 5.02 Å². The van der Waals surface area contributed by atoms with Crippen molar-refractivity contribution >= 4 is 33.4 Å². The zero-order chi connectivity index (χ0) is 16.1. The minimum absolute atomic E-state index is 0.146. The summed E-state index contributed by atoms with van der Waals surface area (Å²) in [5, 5.41) is 6.89. The van der Waals surface area contributed by atoms with Crippen molar-refractivity contribution in [2.75, 3.05) is 6.54 Å². The molecule has 4 aromatic rings. The molecule has 1 aliphatic rings. The van der Waals surface area contributed by atoms with Gasteiger partial charge in [-0.1, -0.05) is 29.8 Å². The van der Waals surface area contributed by atoms with Gasteiger partial charge in [0.15, 0.2) is 0 Å². The van der Waals surface area contributed by atoms with Crippen LogP contribution in [0.1, 0.15) is 22.9 Å². The molecule has 0 fully saturated rings. The molecule has 4 heteroatoms. The van der Waals surface area contributed by atoms with E-state index in [9.17, 15) is 0 Å². The zero-order valence-electron chi connectivity index (χ0n) is 13.0. The molecule has 2 aromatic heterocycles. The summed E-state index contributed by atoms with van der Waals surface area (Å²) >= 11 is 6.21. The van der Waals surface area contributed by atoms with Gasteiger partial charge in [-0.3, -0.25) is 4.98 Å². The Morgan fingerprint density at radius 1 is 1.04 bits per heavy atom. The Hall–Kier alpha value is -2.36. The predicted molar refractivity (Wildman–Crippen MR) is 98.6 cm³/mol. The maximum absolute atomic E-state index is 6.21. The Morgan fingerprint density at radius 3 is 2.92 bits per heavy atom. The lowest BCUT2D eigenvalue weighted by Gasteiger charge is -2.25. The molecule has 0 amide bonds. The van der Waals surface area contributed by atoms with E-state index in [1.807, 2.05) is 18.3 Å². The molecule has 5 rings (SSSR count). The van der Waals surface area contributed by atoms with E-state index in [2.05, 4.69) is 51.7 Å². The summed E-state index contributed by atoms with van der Waals surface area (Å²) in [5.41, 5.74) is 6.06. The van der Waals surface area contributed by atoms with Gasteiger partial charge in [-0.2, -0.15) is 0 Å².